The molecule has 0 amide bonds. The van der Waals surface area contributed by atoms with Crippen molar-refractivity contribution in [2.75, 3.05) is 0 Å². The predicted octanol–water partition coefficient (Wildman–Crippen LogP) is 8.11. The topological polar surface area (TPSA) is 21.7 Å². The van der Waals surface area contributed by atoms with Gasteiger partial charge in [0.15, 0.2) is 5.69 Å². The number of para-hydroxylation sites is 2. The molecule has 1 aromatic heterocycles. The number of benzene rings is 3. The van der Waals surface area contributed by atoms with Crippen molar-refractivity contribution in [3.05, 3.63) is 95.2 Å². The highest BCUT2D eigenvalue weighted by Gasteiger charge is 2.25. The predicted molar refractivity (Wildman–Crippen MR) is 146 cm³/mol. The van der Waals surface area contributed by atoms with Gasteiger partial charge in [0.2, 0.25) is 0 Å². The molecule has 3 aromatic carbocycles. The van der Waals surface area contributed by atoms with E-state index in [1.54, 1.807) is 0 Å². The monoisotopic (exact) mass is 465 g/mol. The molecule has 182 valence electrons. The number of hydrogen-bond donors (Lipinski definition) is 0. The van der Waals surface area contributed by atoms with E-state index >= 15 is 0 Å². The van der Waals surface area contributed by atoms with Gasteiger partial charge >= 0.3 is 0 Å². The van der Waals surface area contributed by atoms with Crippen LogP contribution < -0.4 is 4.68 Å². The summed E-state index contributed by atoms with van der Waals surface area (Å²) in [6, 6.07) is 23.8. The number of hydrogen-bond acceptors (Lipinski definition) is 1. The van der Waals surface area contributed by atoms with Gasteiger partial charge < -0.3 is 0 Å². The first-order valence-electron chi connectivity index (χ1n) is 13.0. The molecule has 0 saturated heterocycles. The molecule has 0 aliphatic carbocycles. The van der Waals surface area contributed by atoms with Crippen LogP contribution in [0.1, 0.15) is 101 Å². The lowest BCUT2D eigenvalue weighted by atomic mass is 9.92. The summed E-state index contributed by atoms with van der Waals surface area (Å²) < 4.78 is 4.15. The van der Waals surface area contributed by atoms with Crippen molar-refractivity contribution in [2.24, 2.45) is 0 Å². The zero-order valence-electron chi connectivity index (χ0n) is 22.5. The molecule has 0 fully saturated rings. The van der Waals surface area contributed by atoms with E-state index in [9.17, 15) is 0 Å². The summed E-state index contributed by atoms with van der Waals surface area (Å²) in [5.74, 6) is 1.51. The Kier molecular flexibility index (Phi) is 7.25. The summed E-state index contributed by atoms with van der Waals surface area (Å²) in [5.41, 5.74) is 9.62. The highest BCUT2D eigenvalue weighted by Crippen LogP contribution is 2.34. The summed E-state index contributed by atoms with van der Waals surface area (Å²) >= 11 is 0. The Balaban J connectivity index is 2.10. The van der Waals surface area contributed by atoms with E-state index in [4.69, 9.17) is 5.21 Å². The van der Waals surface area contributed by atoms with Gasteiger partial charge in [0, 0.05) is 11.1 Å². The van der Waals surface area contributed by atoms with Crippen molar-refractivity contribution in [3.8, 4) is 22.6 Å². The van der Waals surface area contributed by atoms with Crippen molar-refractivity contribution >= 4 is 0 Å². The van der Waals surface area contributed by atoms with Crippen molar-refractivity contribution in [2.45, 2.75) is 79.1 Å². The average molecular weight is 466 g/mol. The largest absolute Gasteiger partial charge is 0.206 e. The maximum atomic E-state index is 5.28. The molecule has 0 saturated carbocycles. The highest BCUT2D eigenvalue weighted by atomic mass is 15.5. The van der Waals surface area contributed by atoms with Crippen molar-refractivity contribution < 1.29 is 4.68 Å². The van der Waals surface area contributed by atoms with Gasteiger partial charge in [-0.05, 0) is 23.7 Å². The van der Waals surface area contributed by atoms with Crippen LogP contribution in [0.15, 0.2) is 66.7 Å². The first-order valence-corrected chi connectivity index (χ1v) is 13.0. The lowest BCUT2D eigenvalue weighted by molar-refractivity contribution is -0.665. The van der Waals surface area contributed by atoms with Gasteiger partial charge in [-0.1, -0.05) is 127 Å². The third-order valence-corrected chi connectivity index (χ3v) is 6.76. The summed E-state index contributed by atoms with van der Waals surface area (Å²) in [6.07, 6.45) is 3.70. The Labute approximate surface area is 211 Å². The molecule has 0 spiro atoms. The van der Waals surface area contributed by atoms with Gasteiger partial charge in [0.1, 0.15) is 0 Å². The van der Waals surface area contributed by atoms with E-state index in [0.717, 1.165) is 16.9 Å². The van der Waals surface area contributed by atoms with E-state index in [-0.39, 0.29) is 0 Å². The minimum atomic E-state index is 0.374. The Morgan fingerprint density at radius 2 is 1.06 bits per heavy atom. The molecule has 0 bridgehead atoms. The Hall–Kier alpha value is -3.20. The molecule has 3 nitrogen and oxygen atoms in total. The zero-order chi connectivity index (χ0) is 25.3. The van der Waals surface area contributed by atoms with Crippen molar-refractivity contribution in [1.82, 2.24) is 9.90 Å². The summed E-state index contributed by atoms with van der Waals surface area (Å²) in [6.45, 7) is 18.1. The van der Waals surface area contributed by atoms with Crippen LogP contribution >= 0.6 is 0 Å². The van der Waals surface area contributed by atoms with Crippen LogP contribution in [0.4, 0.5) is 0 Å². The van der Waals surface area contributed by atoms with Crippen LogP contribution in [0.2, 0.25) is 0 Å². The second-order valence-electron chi connectivity index (χ2n) is 10.7. The third-order valence-electron chi connectivity index (χ3n) is 6.76. The number of nitrogens with zero attached hydrogens (tertiary/aromatic N) is 3. The molecule has 0 radical (unpaired) electrons. The lowest BCUT2D eigenvalue weighted by Gasteiger charge is -2.20. The molecule has 0 N–H and O–H groups in total. The van der Waals surface area contributed by atoms with Crippen LogP contribution in [0.5, 0.6) is 0 Å². The normalized spacial score (nSPS) is 11.9. The fraction of sp³-hybridized carbons (Fsp3) is 0.375. The van der Waals surface area contributed by atoms with Crippen molar-refractivity contribution in [1.29, 1.82) is 0 Å². The highest BCUT2D eigenvalue weighted by molar-refractivity contribution is 5.63. The maximum Gasteiger partial charge on any atom is 0.160 e. The molecule has 35 heavy (non-hydrogen) atoms. The molecular weight excluding hydrogens is 426 g/mol. The Bertz CT molecular complexity index is 1240. The minimum absolute atomic E-state index is 0.374. The fourth-order valence-corrected chi connectivity index (χ4v) is 4.86. The van der Waals surface area contributed by atoms with Crippen molar-refractivity contribution in [3.63, 3.8) is 0 Å². The van der Waals surface area contributed by atoms with Gasteiger partial charge in [-0.3, -0.25) is 0 Å². The van der Waals surface area contributed by atoms with Crippen LogP contribution in [-0.4, -0.2) is 9.90 Å². The molecule has 3 heteroatoms. The summed E-state index contributed by atoms with van der Waals surface area (Å²) in [5, 5.41) is 5.28. The first-order chi connectivity index (χ1) is 16.7. The molecule has 1 heterocycles. The van der Waals surface area contributed by atoms with Gasteiger partial charge in [-0.25, -0.2) is 4.68 Å². The van der Waals surface area contributed by atoms with E-state index in [2.05, 4.69) is 133 Å². The zero-order valence-corrected chi connectivity index (χ0v) is 22.5. The van der Waals surface area contributed by atoms with Crippen LogP contribution in [0, 0.1) is 6.20 Å². The van der Waals surface area contributed by atoms with Gasteiger partial charge in [-0.15, -0.1) is 16.8 Å². The van der Waals surface area contributed by atoms with Gasteiger partial charge in [0.05, 0.1) is 22.8 Å². The van der Waals surface area contributed by atoms with Gasteiger partial charge in [-0.2, -0.15) is 0 Å². The second-order valence-corrected chi connectivity index (χ2v) is 10.7. The molecular formula is C32H39N3. The lowest BCUT2D eigenvalue weighted by Crippen LogP contribution is -2.37. The second kappa shape index (κ2) is 10.2. The molecule has 0 unspecified atom stereocenters. The standard InChI is InChI=1S/C32H39N3/c1-21(2)26-16-12-17-27(22(3)4)31(26)34-20-30(25-14-10-9-11-15-25)35(33-34)32-28(23(5)6)18-13-19-29(32)24(7)8/h9-19,21-24H,1-8H3. The average Bonchev–Trinajstić information content (AvgIpc) is 3.28. The van der Waals surface area contributed by atoms with Crippen LogP contribution in [0.25, 0.3) is 22.6 Å². The van der Waals surface area contributed by atoms with E-state index in [1.165, 1.54) is 27.9 Å². The molecule has 0 aliphatic heterocycles. The smallest absolute Gasteiger partial charge is 0.160 e. The minimum Gasteiger partial charge on any atom is -0.206 e. The summed E-state index contributed by atoms with van der Waals surface area (Å²) in [4.78, 5) is 0. The quantitative estimate of drug-likeness (QED) is 0.199. The number of rotatable bonds is 7. The third kappa shape index (κ3) is 4.82. The Morgan fingerprint density at radius 1 is 0.600 bits per heavy atom. The SMILES string of the molecule is CC(C)c1cccc(C(C)C)c1-n1n[n+](-c2c(C(C)C)cccc2C(C)C)[c-]c1-c1ccccc1. The molecule has 4 aromatic rings. The Morgan fingerprint density at radius 3 is 1.51 bits per heavy atom. The molecule has 4 rings (SSSR count). The fourth-order valence-electron chi connectivity index (χ4n) is 4.86. The van der Waals surface area contributed by atoms with Crippen LogP contribution in [-0.2, 0) is 0 Å². The van der Waals surface area contributed by atoms with Gasteiger partial charge in [0.25, 0.3) is 0 Å². The molecule has 0 aliphatic rings. The first kappa shape index (κ1) is 24.9. The van der Waals surface area contributed by atoms with E-state index < -0.39 is 0 Å². The molecule has 0 atom stereocenters. The van der Waals surface area contributed by atoms with E-state index in [0.29, 0.717) is 23.7 Å². The van der Waals surface area contributed by atoms with Crippen LogP contribution in [0.3, 0.4) is 0 Å². The number of aromatic nitrogens is 3. The maximum absolute atomic E-state index is 5.28. The van der Waals surface area contributed by atoms with E-state index in [1.807, 2.05) is 4.68 Å². The summed E-state index contributed by atoms with van der Waals surface area (Å²) in [7, 11) is 0.